The van der Waals surface area contributed by atoms with Crippen LogP contribution in [0.3, 0.4) is 0 Å². The fourth-order valence-corrected chi connectivity index (χ4v) is 2.09. The zero-order valence-corrected chi connectivity index (χ0v) is 11.4. The molecule has 94 valence electrons. The SMILES string of the molecule is O=C(O)c1cc(Br)ccc1C(O)C(O)CCS. The van der Waals surface area contributed by atoms with Crippen molar-refractivity contribution < 1.29 is 20.1 Å². The number of hydrogen-bond acceptors (Lipinski definition) is 4. The van der Waals surface area contributed by atoms with E-state index in [1.807, 2.05) is 0 Å². The van der Waals surface area contributed by atoms with Crippen molar-refractivity contribution in [2.75, 3.05) is 5.75 Å². The Kier molecular flexibility index (Phi) is 5.45. The molecule has 0 radical (unpaired) electrons. The van der Waals surface area contributed by atoms with Crippen LogP contribution in [0.5, 0.6) is 0 Å². The maximum absolute atomic E-state index is 11.0. The van der Waals surface area contributed by atoms with Crippen molar-refractivity contribution in [2.45, 2.75) is 18.6 Å². The first-order valence-electron chi connectivity index (χ1n) is 4.97. The lowest BCUT2D eigenvalue weighted by molar-refractivity contribution is 0.0162. The predicted octanol–water partition coefficient (Wildman–Crippen LogP) is 1.86. The van der Waals surface area contributed by atoms with Gasteiger partial charge in [-0.05, 0) is 29.9 Å². The Hall–Kier alpha value is -0.560. The van der Waals surface area contributed by atoms with Crippen molar-refractivity contribution in [3.63, 3.8) is 0 Å². The molecule has 17 heavy (non-hydrogen) atoms. The number of thiol groups is 1. The molecular formula is C11H13BrO4S. The predicted molar refractivity (Wildman–Crippen MR) is 70.5 cm³/mol. The number of benzene rings is 1. The van der Waals surface area contributed by atoms with Gasteiger partial charge in [0.05, 0.1) is 11.7 Å². The molecule has 4 nitrogen and oxygen atoms in total. The molecule has 0 spiro atoms. The van der Waals surface area contributed by atoms with Crippen LogP contribution in [0, 0.1) is 0 Å². The molecule has 2 atom stereocenters. The minimum absolute atomic E-state index is 0.0231. The van der Waals surface area contributed by atoms with Gasteiger partial charge in [-0.3, -0.25) is 0 Å². The van der Waals surface area contributed by atoms with Crippen molar-refractivity contribution in [2.24, 2.45) is 0 Å². The lowest BCUT2D eigenvalue weighted by atomic mass is 9.97. The van der Waals surface area contributed by atoms with Gasteiger partial charge in [0.15, 0.2) is 0 Å². The maximum atomic E-state index is 11.0. The number of aliphatic hydroxyl groups is 2. The number of aromatic carboxylic acids is 1. The topological polar surface area (TPSA) is 77.8 Å². The van der Waals surface area contributed by atoms with E-state index in [2.05, 4.69) is 28.6 Å². The third-order valence-corrected chi connectivity index (χ3v) is 3.11. The second-order valence-corrected chi connectivity index (χ2v) is 4.92. The molecule has 0 saturated heterocycles. The van der Waals surface area contributed by atoms with Gasteiger partial charge in [0.25, 0.3) is 0 Å². The number of carbonyl (C=O) groups is 1. The molecule has 2 unspecified atom stereocenters. The van der Waals surface area contributed by atoms with Crippen LogP contribution in [0.1, 0.15) is 28.4 Å². The van der Waals surface area contributed by atoms with Crippen molar-refractivity contribution in [3.8, 4) is 0 Å². The second kappa shape index (κ2) is 6.39. The van der Waals surface area contributed by atoms with Crippen molar-refractivity contribution in [3.05, 3.63) is 33.8 Å². The summed E-state index contributed by atoms with van der Waals surface area (Å²) in [4.78, 5) is 11.0. The lowest BCUT2D eigenvalue weighted by Crippen LogP contribution is -2.21. The van der Waals surface area contributed by atoms with Gasteiger partial charge in [0.2, 0.25) is 0 Å². The Morgan fingerprint density at radius 2 is 2.06 bits per heavy atom. The van der Waals surface area contributed by atoms with Gasteiger partial charge < -0.3 is 15.3 Å². The molecule has 1 aromatic carbocycles. The number of carboxylic acids is 1. The maximum Gasteiger partial charge on any atom is 0.336 e. The van der Waals surface area contributed by atoms with Crippen molar-refractivity contribution in [1.82, 2.24) is 0 Å². The quantitative estimate of drug-likeness (QED) is 0.624. The van der Waals surface area contributed by atoms with Gasteiger partial charge in [0.1, 0.15) is 6.10 Å². The van der Waals surface area contributed by atoms with E-state index in [1.165, 1.54) is 12.1 Å². The number of hydrogen-bond donors (Lipinski definition) is 4. The molecular weight excluding hydrogens is 308 g/mol. The highest BCUT2D eigenvalue weighted by molar-refractivity contribution is 9.10. The normalized spacial score (nSPS) is 14.4. The van der Waals surface area contributed by atoms with E-state index in [9.17, 15) is 15.0 Å². The first kappa shape index (κ1) is 14.5. The van der Waals surface area contributed by atoms with E-state index in [1.54, 1.807) is 6.07 Å². The molecule has 0 aromatic heterocycles. The smallest absolute Gasteiger partial charge is 0.336 e. The van der Waals surface area contributed by atoms with Gasteiger partial charge in [-0.1, -0.05) is 22.0 Å². The molecule has 0 bridgehead atoms. The molecule has 0 aliphatic heterocycles. The van der Waals surface area contributed by atoms with Crippen LogP contribution < -0.4 is 0 Å². The summed E-state index contributed by atoms with van der Waals surface area (Å²) in [7, 11) is 0. The largest absolute Gasteiger partial charge is 0.478 e. The number of carboxylic acid groups (broad SMARTS) is 1. The van der Waals surface area contributed by atoms with Crippen LogP contribution in [-0.4, -0.2) is 33.1 Å². The monoisotopic (exact) mass is 320 g/mol. The first-order valence-corrected chi connectivity index (χ1v) is 6.39. The number of halogens is 1. The molecule has 1 aromatic rings. The van der Waals surface area contributed by atoms with Crippen LogP contribution in [0.4, 0.5) is 0 Å². The summed E-state index contributed by atoms with van der Waals surface area (Å²) in [5, 5.41) is 28.5. The Labute approximate surface area is 113 Å². The summed E-state index contributed by atoms with van der Waals surface area (Å²) < 4.78 is 0.606. The summed E-state index contributed by atoms with van der Waals surface area (Å²) in [6.45, 7) is 0. The van der Waals surface area contributed by atoms with Gasteiger partial charge in [-0.25, -0.2) is 4.79 Å². The molecule has 0 amide bonds. The Morgan fingerprint density at radius 3 is 2.59 bits per heavy atom. The van der Waals surface area contributed by atoms with Crippen LogP contribution in [0.25, 0.3) is 0 Å². The van der Waals surface area contributed by atoms with E-state index in [0.717, 1.165) is 0 Å². The van der Waals surface area contributed by atoms with E-state index >= 15 is 0 Å². The standard InChI is InChI=1S/C11H13BrO4S/c12-6-1-2-7(8(5-6)11(15)16)10(14)9(13)3-4-17/h1-2,5,9-10,13-14,17H,3-4H2,(H,15,16). The third kappa shape index (κ3) is 3.70. The summed E-state index contributed by atoms with van der Waals surface area (Å²) in [6.07, 6.45) is -1.95. The van der Waals surface area contributed by atoms with Crippen LogP contribution in [-0.2, 0) is 0 Å². The van der Waals surface area contributed by atoms with Gasteiger partial charge >= 0.3 is 5.97 Å². The van der Waals surface area contributed by atoms with E-state index in [0.29, 0.717) is 16.6 Å². The number of aliphatic hydroxyl groups excluding tert-OH is 2. The summed E-state index contributed by atoms with van der Waals surface area (Å²) >= 11 is 7.12. The Morgan fingerprint density at radius 1 is 1.41 bits per heavy atom. The lowest BCUT2D eigenvalue weighted by Gasteiger charge is -2.19. The molecule has 0 heterocycles. The minimum atomic E-state index is -1.22. The van der Waals surface area contributed by atoms with Crippen molar-refractivity contribution in [1.29, 1.82) is 0 Å². The van der Waals surface area contributed by atoms with Crippen LogP contribution >= 0.6 is 28.6 Å². The third-order valence-electron chi connectivity index (χ3n) is 2.35. The fourth-order valence-electron chi connectivity index (χ4n) is 1.47. The Bertz CT molecular complexity index is 410. The van der Waals surface area contributed by atoms with E-state index in [-0.39, 0.29) is 11.1 Å². The number of rotatable bonds is 5. The Balaban J connectivity index is 3.08. The fraction of sp³-hybridized carbons (Fsp3) is 0.364. The highest BCUT2D eigenvalue weighted by Gasteiger charge is 2.23. The van der Waals surface area contributed by atoms with Gasteiger partial charge in [-0.2, -0.15) is 12.6 Å². The molecule has 6 heteroatoms. The first-order chi connectivity index (χ1) is 7.97. The van der Waals surface area contributed by atoms with Crippen LogP contribution in [0.15, 0.2) is 22.7 Å². The highest BCUT2D eigenvalue weighted by atomic mass is 79.9. The molecule has 0 aliphatic rings. The highest BCUT2D eigenvalue weighted by Crippen LogP contribution is 2.26. The van der Waals surface area contributed by atoms with E-state index < -0.39 is 18.2 Å². The minimum Gasteiger partial charge on any atom is -0.478 e. The average molecular weight is 321 g/mol. The van der Waals surface area contributed by atoms with Crippen LogP contribution in [0.2, 0.25) is 0 Å². The van der Waals surface area contributed by atoms with Crippen molar-refractivity contribution >= 4 is 34.5 Å². The molecule has 0 aliphatic carbocycles. The average Bonchev–Trinajstić information content (AvgIpc) is 2.28. The second-order valence-electron chi connectivity index (χ2n) is 3.56. The summed E-state index contributed by atoms with van der Waals surface area (Å²) in [5.74, 6) is -0.726. The molecule has 0 fully saturated rings. The van der Waals surface area contributed by atoms with E-state index in [4.69, 9.17) is 5.11 Å². The summed E-state index contributed by atoms with van der Waals surface area (Å²) in [6, 6.07) is 4.51. The molecule has 1 rings (SSSR count). The molecule has 3 N–H and O–H groups in total. The van der Waals surface area contributed by atoms with Gasteiger partial charge in [0, 0.05) is 4.47 Å². The zero-order valence-electron chi connectivity index (χ0n) is 8.88. The zero-order chi connectivity index (χ0) is 13.0. The molecule has 0 saturated carbocycles. The summed E-state index contributed by atoms with van der Waals surface area (Å²) in [5.41, 5.74) is 0.181. The van der Waals surface area contributed by atoms with Gasteiger partial charge in [-0.15, -0.1) is 0 Å².